The molecule has 2 aromatic carbocycles. The molecule has 1 N–H and O–H groups in total. The maximum Gasteiger partial charge on any atom is 0.271 e. The van der Waals surface area contributed by atoms with Crippen molar-refractivity contribution in [1.29, 1.82) is 0 Å². The molecule has 0 aliphatic heterocycles. The molecular formula is C19H22N2O2. The second-order valence-electron chi connectivity index (χ2n) is 5.30. The first-order chi connectivity index (χ1) is 11.2. The highest BCUT2D eigenvalue weighted by Gasteiger charge is 2.04. The molecule has 0 bridgehead atoms. The summed E-state index contributed by atoms with van der Waals surface area (Å²) in [5.74, 6) is 0.542. The number of aryl methyl sites for hydroxylation is 1. The molecule has 0 aliphatic carbocycles. The van der Waals surface area contributed by atoms with Gasteiger partial charge in [0.2, 0.25) is 0 Å². The van der Waals surface area contributed by atoms with Crippen molar-refractivity contribution in [3.05, 3.63) is 65.2 Å². The highest BCUT2D eigenvalue weighted by Crippen LogP contribution is 2.16. The topological polar surface area (TPSA) is 50.7 Å². The Morgan fingerprint density at radius 1 is 1.17 bits per heavy atom. The Morgan fingerprint density at radius 2 is 1.91 bits per heavy atom. The van der Waals surface area contributed by atoms with E-state index in [0.29, 0.717) is 12.2 Å². The third-order valence-corrected chi connectivity index (χ3v) is 3.36. The van der Waals surface area contributed by atoms with E-state index in [0.717, 1.165) is 29.7 Å². The Labute approximate surface area is 137 Å². The van der Waals surface area contributed by atoms with E-state index in [4.69, 9.17) is 4.74 Å². The van der Waals surface area contributed by atoms with Crippen LogP contribution in [0.3, 0.4) is 0 Å². The fourth-order valence-electron chi connectivity index (χ4n) is 1.98. The van der Waals surface area contributed by atoms with Gasteiger partial charge in [0.25, 0.3) is 5.91 Å². The van der Waals surface area contributed by atoms with Crippen molar-refractivity contribution in [2.75, 3.05) is 6.61 Å². The number of para-hydroxylation sites is 1. The number of rotatable bonds is 7. The quantitative estimate of drug-likeness (QED) is 0.478. The summed E-state index contributed by atoms with van der Waals surface area (Å²) in [6.07, 6.45) is 3.70. The Morgan fingerprint density at radius 3 is 2.65 bits per heavy atom. The fourth-order valence-corrected chi connectivity index (χ4v) is 1.98. The van der Waals surface area contributed by atoms with Crippen LogP contribution in [0.15, 0.2) is 53.6 Å². The third kappa shape index (κ3) is 5.25. The summed E-state index contributed by atoms with van der Waals surface area (Å²) in [7, 11) is 0. The molecule has 4 nitrogen and oxygen atoms in total. The van der Waals surface area contributed by atoms with E-state index < -0.39 is 0 Å². The summed E-state index contributed by atoms with van der Waals surface area (Å²) in [6, 6.07) is 15.0. The molecule has 0 saturated heterocycles. The molecule has 2 rings (SSSR count). The minimum absolute atomic E-state index is 0.231. The van der Waals surface area contributed by atoms with Gasteiger partial charge in [0, 0.05) is 11.1 Å². The number of hydrogen-bond acceptors (Lipinski definition) is 3. The molecule has 0 aliphatic rings. The summed E-state index contributed by atoms with van der Waals surface area (Å²) >= 11 is 0. The van der Waals surface area contributed by atoms with Gasteiger partial charge >= 0.3 is 0 Å². The second kappa shape index (κ2) is 8.73. The molecule has 0 atom stereocenters. The van der Waals surface area contributed by atoms with Crippen LogP contribution in [-0.4, -0.2) is 18.7 Å². The highest BCUT2D eigenvalue weighted by atomic mass is 16.5. The van der Waals surface area contributed by atoms with Crippen LogP contribution < -0.4 is 10.2 Å². The maximum absolute atomic E-state index is 12.0. The number of hydrazone groups is 1. The van der Waals surface area contributed by atoms with E-state index in [2.05, 4.69) is 17.5 Å². The van der Waals surface area contributed by atoms with Crippen LogP contribution in [0.2, 0.25) is 0 Å². The molecule has 4 heteroatoms. The lowest BCUT2D eigenvalue weighted by atomic mass is 10.1. The molecule has 0 radical (unpaired) electrons. The number of carbonyl (C=O) groups excluding carboxylic acids is 1. The molecule has 23 heavy (non-hydrogen) atoms. The lowest BCUT2D eigenvalue weighted by Crippen LogP contribution is -2.17. The standard InChI is InChI=1S/C19H22N2O2/c1-3-4-13-23-18-8-6-5-7-17(18)14-20-21-19(22)16-11-9-15(2)10-12-16/h5-12,14H,3-4,13H2,1-2H3,(H,21,22)/b20-14+. The molecule has 0 aromatic heterocycles. The maximum atomic E-state index is 12.0. The van der Waals surface area contributed by atoms with Crippen molar-refractivity contribution >= 4 is 12.1 Å². The number of nitrogens with zero attached hydrogens (tertiary/aromatic N) is 1. The van der Waals surface area contributed by atoms with Crippen molar-refractivity contribution in [2.24, 2.45) is 5.10 Å². The predicted molar refractivity (Wildman–Crippen MR) is 93.1 cm³/mol. The minimum atomic E-state index is -0.231. The average Bonchev–Trinajstić information content (AvgIpc) is 2.57. The van der Waals surface area contributed by atoms with E-state index in [1.165, 1.54) is 0 Å². The average molecular weight is 310 g/mol. The minimum Gasteiger partial charge on any atom is -0.493 e. The molecular weight excluding hydrogens is 288 g/mol. The van der Waals surface area contributed by atoms with Crippen LogP contribution in [0.1, 0.15) is 41.3 Å². The molecule has 1 amide bonds. The van der Waals surface area contributed by atoms with Crippen molar-refractivity contribution in [1.82, 2.24) is 5.43 Å². The Balaban J connectivity index is 1.97. The fraction of sp³-hybridized carbons (Fsp3) is 0.263. The number of hydrogen-bond donors (Lipinski definition) is 1. The normalized spacial score (nSPS) is 10.7. The van der Waals surface area contributed by atoms with Gasteiger partial charge in [0.15, 0.2) is 0 Å². The number of carbonyl (C=O) groups is 1. The number of nitrogens with one attached hydrogen (secondary N) is 1. The van der Waals surface area contributed by atoms with Gasteiger partial charge < -0.3 is 4.74 Å². The largest absolute Gasteiger partial charge is 0.493 e. The van der Waals surface area contributed by atoms with E-state index >= 15 is 0 Å². The van der Waals surface area contributed by atoms with Gasteiger partial charge in [-0.05, 0) is 37.6 Å². The smallest absolute Gasteiger partial charge is 0.271 e. The van der Waals surface area contributed by atoms with Gasteiger partial charge in [0.1, 0.15) is 5.75 Å². The summed E-state index contributed by atoms with van der Waals surface area (Å²) in [4.78, 5) is 12.0. The molecule has 0 saturated carbocycles. The van der Waals surface area contributed by atoms with Crippen molar-refractivity contribution in [3.63, 3.8) is 0 Å². The Kier molecular flexibility index (Phi) is 6.36. The third-order valence-electron chi connectivity index (χ3n) is 3.36. The van der Waals surface area contributed by atoms with Crippen LogP contribution in [0.5, 0.6) is 5.75 Å². The molecule has 0 heterocycles. The number of amides is 1. The lowest BCUT2D eigenvalue weighted by Gasteiger charge is -2.08. The summed E-state index contributed by atoms with van der Waals surface area (Å²) in [5, 5.41) is 4.02. The lowest BCUT2D eigenvalue weighted by molar-refractivity contribution is 0.0955. The first-order valence-electron chi connectivity index (χ1n) is 7.82. The van der Waals surface area contributed by atoms with Crippen LogP contribution in [0, 0.1) is 6.92 Å². The van der Waals surface area contributed by atoms with E-state index in [9.17, 15) is 4.79 Å². The summed E-state index contributed by atoms with van der Waals surface area (Å²) in [5.41, 5.74) is 5.07. The summed E-state index contributed by atoms with van der Waals surface area (Å²) < 4.78 is 5.73. The first kappa shape index (κ1) is 16.7. The van der Waals surface area contributed by atoms with Gasteiger partial charge in [-0.3, -0.25) is 4.79 Å². The van der Waals surface area contributed by atoms with E-state index in [-0.39, 0.29) is 5.91 Å². The van der Waals surface area contributed by atoms with Crippen molar-refractivity contribution in [3.8, 4) is 5.75 Å². The highest BCUT2D eigenvalue weighted by molar-refractivity contribution is 5.95. The SMILES string of the molecule is CCCCOc1ccccc1/C=N/NC(=O)c1ccc(C)cc1. The number of unbranched alkanes of at least 4 members (excludes halogenated alkanes) is 1. The van der Waals surface area contributed by atoms with Gasteiger partial charge in [-0.25, -0.2) is 5.43 Å². The number of ether oxygens (including phenoxy) is 1. The number of benzene rings is 2. The first-order valence-corrected chi connectivity index (χ1v) is 7.82. The molecule has 0 unspecified atom stereocenters. The van der Waals surface area contributed by atoms with Crippen LogP contribution >= 0.6 is 0 Å². The van der Waals surface area contributed by atoms with Crippen molar-refractivity contribution < 1.29 is 9.53 Å². The molecule has 120 valence electrons. The zero-order valence-electron chi connectivity index (χ0n) is 13.6. The molecule has 0 spiro atoms. The van der Waals surface area contributed by atoms with Gasteiger partial charge in [-0.15, -0.1) is 0 Å². The monoisotopic (exact) mass is 310 g/mol. The van der Waals surface area contributed by atoms with Crippen LogP contribution in [0.4, 0.5) is 0 Å². The van der Waals surface area contributed by atoms with Gasteiger partial charge in [0.05, 0.1) is 12.8 Å². The van der Waals surface area contributed by atoms with Gasteiger partial charge in [-0.2, -0.15) is 5.10 Å². The predicted octanol–water partition coefficient (Wildman–Crippen LogP) is 3.94. The molecule has 2 aromatic rings. The van der Waals surface area contributed by atoms with Crippen molar-refractivity contribution in [2.45, 2.75) is 26.7 Å². The van der Waals surface area contributed by atoms with Gasteiger partial charge in [-0.1, -0.05) is 43.2 Å². The second-order valence-corrected chi connectivity index (χ2v) is 5.30. The molecule has 0 fully saturated rings. The Bertz CT molecular complexity index is 663. The van der Waals surface area contributed by atoms with Crippen LogP contribution in [0.25, 0.3) is 0 Å². The van der Waals surface area contributed by atoms with E-state index in [1.54, 1.807) is 18.3 Å². The van der Waals surface area contributed by atoms with E-state index in [1.807, 2.05) is 43.3 Å². The summed E-state index contributed by atoms with van der Waals surface area (Å²) in [6.45, 7) is 4.78. The Hall–Kier alpha value is -2.62. The zero-order valence-corrected chi connectivity index (χ0v) is 13.6. The zero-order chi connectivity index (χ0) is 16.5. The van der Waals surface area contributed by atoms with Crippen LogP contribution in [-0.2, 0) is 0 Å².